The summed E-state index contributed by atoms with van der Waals surface area (Å²) in [4.78, 5) is 22.0. The van der Waals surface area contributed by atoms with E-state index >= 15 is 0 Å². The third-order valence-corrected chi connectivity index (χ3v) is 2.06. The Balaban J connectivity index is 2.95. The number of nitrogen functional groups attached to an aromatic ring is 1. The van der Waals surface area contributed by atoms with Crippen LogP contribution in [0, 0.1) is 0 Å². The van der Waals surface area contributed by atoms with Gasteiger partial charge in [-0.15, -0.1) is 0 Å². The van der Waals surface area contributed by atoms with Crippen molar-refractivity contribution < 1.29 is 22.8 Å². The smallest absolute Gasteiger partial charge is 0.397 e. The summed E-state index contributed by atoms with van der Waals surface area (Å²) in [5.74, 6) is -1.09. The number of Topliss-reactive ketones (excluding diaryl/α,β-unsaturated/α-hetero) is 1. The van der Waals surface area contributed by atoms with Crippen LogP contribution in [0.15, 0.2) is 18.2 Å². The average molecular weight is 260 g/mol. The molecule has 1 amide bonds. The summed E-state index contributed by atoms with van der Waals surface area (Å²) in [5.41, 5.74) is 4.37. The number of alkyl halides is 3. The van der Waals surface area contributed by atoms with Crippen LogP contribution in [-0.2, 0) is 15.8 Å². The van der Waals surface area contributed by atoms with Crippen molar-refractivity contribution in [2.45, 2.75) is 19.5 Å². The summed E-state index contributed by atoms with van der Waals surface area (Å²) in [6.45, 7) is 1.20. The lowest BCUT2D eigenvalue weighted by molar-refractivity contribution is -0.137. The van der Waals surface area contributed by atoms with E-state index in [0.29, 0.717) is 0 Å². The molecule has 0 fully saturated rings. The molecule has 1 aromatic carbocycles. The number of benzene rings is 1. The zero-order valence-electron chi connectivity index (χ0n) is 9.47. The number of rotatable bonds is 3. The second-order valence-electron chi connectivity index (χ2n) is 3.73. The molecular formula is C11H11F3N2O2. The number of hydrogen-bond acceptors (Lipinski definition) is 3. The van der Waals surface area contributed by atoms with Gasteiger partial charge in [0, 0.05) is 0 Å². The molecule has 0 aliphatic heterocycles. The van der Waals surface area contributed by atoms with Crippen LogP contribution in [0.3, 0.4) is 0 Å². The van der Waals surface area contributed by atoms with Crippen LogP contribution in [0.25, 0.3) is 0 Å². The maximum atomic E-state index is 12.4. The van der Waals surface area contributed by atoms with E-state index in [1.807, 2.05) is 0 Å². The van der Waals surface area contributed by atoms with Crippen molar-refractivity contribution in [2.75, 3.05) is 11.1 Å². The van der Waals surface area contributed by atoms with Crippen LogP contribution in [0.5, 0.6) is 0 Å². The first kappa shape index (κ1) is 14.0. The largest absolute Gasteiger partial charge is 0.416 e. The molecule has 0 spiro atoms. The van der Waals surface area contributed by atoms with Gasteiger partial charge in [-0.05, 0) is 25.1 Å². The fourth-order valence-corrected chi connectivity index (χ4v) is 1.26. The van der Waals surface area contributed by atoms with Gasteiger partial charge in [-0.3, -0.25) is 9.59 Å². The van der Waals surface area contributed by atoms with Gasteiger partial charge < -0.3 is 11.1 Å². The lowest BCUT2D eigenvalue weighted by Gasteiger charge is -2.11. The van der Waals surface area contributed by atoms with Gasteiger partial charge in [-0.25, -0.2) is 0 Å². The normalized spacial score (nSPS) is 11.1. The Labute approximate surface area is 101 Å². The van der Waals surface area contributed by atoms with Crippen LogP contribution in [0.4, 0.5) is 24.5 Å². The quantitative estimate of drug-likeness (QED) is 0.646. The Kier molecular flexibility index (Phi) is 3.95. The molecule has 3 N–H and O–H groups in total. The molecule has 0 saturated carbocycles. The maximum Gasteiger partial charge on any atom is 0.416 e. The van der Waals surface area contributed by atoms with E-state index in [0.717, 1.165) is 18.2 Å². The Bertz CT molecular complexity index is 484. The van der Waals surface area contributed by atoms with E-state index in [9.17, 15) is 22.8 Å². The number of carbonyl (C=O) groups is 2. The number of carbonyl (C=O) groups excluding carboxylic acids is 2. The number of amides is 1. The topological polar surface area (TPSA) is 72.2 Å². The number of halogens is 3. The van der Waals surface area contributed by atoms with Crippen molar-refractivity contribution in [3.8, 4) is 0 Å². The first-order chi connectivity index (χ1) is 8.20. The SMILES string of the molecule is CC(=O)CC(=O)Nc1cc(C(F)(F)F)ccc1N. The van der Waals surface area contributed by atoms with Gasteiger partial charge in [-0.1, -0.05) is 0 Å². The molecular weight excluding hydrogens is 249 g/mol. The van der Waals surface area contributed by atoms with Gasteiger partial charge in [0.1, 0.15) is 5.78 Å². The van der Waals surface area contributed by atoms with Crippen molar-refractivity contribution in [1.29, 1.82) is 0 Å². The van der Waals surface area contributed by atoms with Gasteiger partial charge in [-0.2, -0.15) is 13.2 Å². The molecule has 98 valence electrons. The fraction of sp³-hybridized carbons (Fsp3) is 0.273. The van der Waals surface area contributed by atoms with Crippen LogP contribution in [0.1, 0.15) is 18.9 Å². The highest BCUT2D eigenvalue weighted by molar-refractivity contribution is 6.04. The molecule has 18 heavy (non-hydrogen) atoms. The zero-order chi connectivity index (χ0) is 13.9. The fourth-order valence-electron chi connectivity index (χ4n) is 1.26. The van der Waals surface area contributed by atoms with E-state index in [2.05, 4.69) is 5.32 Å². The summed E-state index contributed by atoms with van der Waals surface area (Å²) < 4.78 is 37.3. The van der Waals surface area contributed by atoms with Gasteiger partial charge in [0.15, 0.2) is 0 Å². The molecule has 0 saturated heterocycles. The van der Waals surface area contributed by atoms with Crippen molar-refractivity contribution in [2.24, 2.45) is 0 Å². The minimum absolute atomic E-state index is 0.0000907. The van der Waals surface area contributed by atoms with Crippen LogP contribution in [-0.4, -0.2) is 11.7 Å². The summed E-state index contributed by atoms with van der Waals surface area (Å²) in [6, 6.07) is 2.59. The van der Waals surface area contributed by atoms with Crippen LogP contribution >= 0.6 is 0 Å². The first-order valence-electron chi connectivity index (χ1n) is 4.96. The minimum Gasteiger partial charge on any atom is -0.397 e. The van der Waals surface area contributed by atoms with Crippen molar-refractivity contribution >= 4 is 23.1 Å². The molecule has 0 bridgehead atoms. The van der Waals surface area contributed by atoms with E-state index < -0.39 is 29.9 Å². The molecule has 7 heteroatoms. The van der Waals surface area contributed by atoms with E-state index in [4.69, 9.17) is 5.73 Å². The molecule has 1 rings (SSSR count). The summed E-state index contributed by atoms with van der Waals surface area (Å²) in [5, 5.41) is 2.17. The van der Waals surface area contributed by atoms with Crippen molar-refractivity contribution in [1.82, 2.24) is 0 Å². The Morgan fingerprint density at radius 2 is 1.94 bits per heavy atom. The summed E-state index contributed by atoms with van der Waals surface area (Å²) in [6.07, 6.45) is -4.93. The predicted octanol–water partition coefficient (Wildman–Crippen LogP) is 2.21. The predicted molar refractivity (Wildman–Crippen MR) is 59.8 cm³/mol. The molecule has 0 atom stereocenters. The first-order valence-corrected chi connectivity index (χ1v) is 4.96. The van der Waals surface area contributed by atoms with Crippen molar-refractivity contribution in [3.63, 3.8) is 0 Å². The highest BCUT2D eigenvalue weighted by atomic mass is 19.4. The summed E-state index contributed by atoms with van der Waals surface area (Å²) >= 11 is 0. The third-order valence-electron chi connectivity index (χ3n) is 2.06. The standard InChI is InChI=1S/C11H11F3N2O2/c1-6(17)4-10(18)16-9-5-7(11(12,13)14)2-3-8(9)15/h2-3,5H,4,15H2,1H3,(H,16,18). The van der Waals surface area contributed by atoms with Crippen LogP contribution in [0.2, 0.25) is 0 Å². The molecule has 4 nitrogen and oxygen atoms in total. The monoisotopic (exact) mass is 260 g/mol. The minimum atomic E-state index is -4.52. The Morgan fingerprint density at radius 3 is 2.44 bits per heavy atom. The molecule has 0 aliphatic rings. The molecule has 0 unspecified atom stereocenters. The Morgan fingerprint density at radius 1 is 1.33 bits per heavy atom. The molecule has 0 aromatic heterocycles. The number of hydrogen-bond donors (Lipinski definition) is 2. The van der Waals surface area contributed by atoms with Crippen molar-refractivity contribution in [3.05, 3.63) is 23.8 Å². The highest BCUT2D eigenvalue weighted by Gasteiger charge is 2.31. The number of nitrogens with one attached hydrogen (secondary N) is 1. The number of nitrogens with two attached hydrogens (primary N) is 1. The summed E-state index contributed by atoms with van der Waals surface area (Å²) in [7, 11) is 0. The lowest BCUT2D eigenvalue weighted by Crippen LogP contribution is -2.16. The molecule has 1 aromatic rings. The third kappa shape index (κ3) is 3.76. The van der Waals surface area contributed by atoms with E-state index in [1.165, 1.54) is 6.92 Å². The molecule has 0 aliphatic carbocycles. The molecule has 0 radical (unpaired) electrons. The van der Waals surface area contributed by atoms with Gasteiger partial charge in [0.05, 0.1) is 23.4 Å². The second-order valence-corrected chi connectivity index (χ2v) is 3.73. The molecule has 0 heterocycles. The maximum absolute atomic E-state index is 12.4. The van der Waals surface area contributed by atoms with E-state index in [-0.39, 0.29) is 11.4 Å². The van der Waals surface area contributed by atoms with Crippen LogP contribution < -0.4 is 11.1 Å². The average Bonchev–Trinajstić information content (AvgIpc) is 2.18. The number of anilines is 2. The van der Waals surface area contributed by atoms with Gasteiger partial charge in [0.2, 0.25) is 5.91 Å². The highest BCUT2D eigenvalue weighted by Crippen LogP contribution is 2.33. The van der Waals surface area contributed by atoms with Gasteiger partial charge >= 0.3 is 6.18 Å². The lowest BCUT2D eigenvalue weighted by atomic mass is 10.1. The second kappa shape index (κ2) is 5.07. The number of ketones is 1. The van der Waals surface area contributed by atoms with Gasteiger partial charge in [0.25, 0.3) is 0 Å². The zero-order valence-corrected chi connectivity index (χ0v) is 9.47. The van der Waals surface area contributed by atoms with E-state index in [1.54, 1.807) is 0 Å². The Hall–Kier alpha value is -2.05.